The van der Waals surface area contributed by atoms with E-state index in [0.29, 0.717) is 11.7 Å². The van der Waals surface area contributed by atoms with Gasteiger partial charge in [-0.2, -0.15) is 0 Å². The first kappa shape index (κ1) is 14.8. The standard InChI is InChI=1S/C19H27NO/c1-2-10-19(11-13-20-14-12-19)18(21)17-9-4-3-8-16(17)15-6-5-7-15/h3-4,8-9,15,20H,2,5-7,10-14H2,1H3. The molecule has 1 aromatic carbocycles. The predicted octanol–water partition coefficient (Wildman–Crippen LogP) is 4.31. The third-order valence-electron chi connectivity index (χ3n) is 5.52. The van der Waals surface area contributed by atoms with Crippen molar-refractivity contribution in [3.63, 3.8) is 0 Å². The SMILES string of the molecule is CCCC1(C(=O)c2ccccc2C2CCC2)CCNCC1. The lowest BCUT2D eigenvalue weighted by Gasteiger charge is -2.37. The molecule has 0 spiro atoms. The van der Waals surface area contributed by atoms with E-state index in [2.05, 4.69) is 30.4 Å². The molecule has 2 nitrogen and oxygen atoms in total. The number of Topliss-reactive ketones (excluding diaryl/α,β-unsaturated/α-hetero) is 1. The summed E-state index contributed by atoms with van der Waals surface area (Å²) in [5.41, 5.74) is 2.24. The molecule has 2 fully saturated rings. The summed E-state index contributed by atoms with van der Waals surface area (Å²) < 4.78 is 0. The number of carbonyl (C=O) groups excluding carboxylic acids is 1. The first-order valence-electron chi connectivity index (χ1n) is 8.61. The van der Waals surface area contributed by atoms with Crippen molar-refractivity contribution in [2.45, 2.75) is 57.8 Å². The second-order valence-electron chi connectivity index (χ2n) is 6.82. The molecule has 2 heteroatoms. The second-order valence-corrected chi connectivity index (χ2v) is 6.82. The van der Waals surface area contributed by atoms with Crippen molar-refractivity contribution in [1.82, 2.24) is 5.32 Å². The Morgan fingerprint density at radius 1 is 1.24 bits per heavy atom. The van der Waals surface area contributed by atoms with Crippen LogP contribution in [0.25, 0.3) is 0 Å². The summed E-state index contributed by atoms with van der Waals surface area (Å²) in [6, 6.07) is 8.41. The lowest BCUT2D eigenvalue weighted by atomic mass is 9.68. The number of benzene rings is 1. The summed E-state index contributed by atoms with van der Waals surface area (Å²) in [4.78, 5) is 13.3. The zero-order valence-electron chi connectivity index (χ0n) is 13.2. The van der Waals surface area contributed by atoms with E-state index in [1.54, 1.807) is 0 Å². The molecular formula is C19H27NO. The van der Waals surface area contributed by atoms with E-state index >= 15 is 0 Å². The van der Waals surface area contributed by atoms with Crippen molar-refractivity contribution < 1.29 is 4.79 Å². The molecular weight excluding hydrogens is 258 g/mol. The largest absolute Gasteiger partial charge is 0.317 e. The van der Waals surface area contributed by atoms with Gasteiger partial charge >= 0.3 is 0 Å². The van der Waals surface area contributed by atoms with Gasteiger partial charge in [-0.1, -0.05) is 44.0 Å². The molecule has 2 aliphatic rings. The van der Waals surface area contributed by atoms with Crippen LogP contribution >= 0.6 is 0 Å². The number of piperidine rings is 1. The number of hydrogen-bond donors (Lipinski definition) is 1. The molecule has 0 aromatic heterocycles. The minimum absolute atomic E-state index is 0.111. The van der Waals surface area contributed by atoms with Crippen LogP contribution in [-0.4, -0.2) is 18.9 Å². The van der Waals surface area contributed by atoms with Gasteiger partial charge in [0.05, 0.1) is 0 Å². The van der Waals surface area contributed by atoms with Crippen LogP contribution in [0.15, 0.2) is 24.3 Å². The topological polar surface area (TPSA) is 29.1 Å². The van der Waals surface area contributed by atoms with Gasteiger partial charge < -0.3 is 5.32 Å². The Morgan fingerprint density at radius 3 is 2.57 bits per heavy atom. The molecule has 0 amide bonds. The number of ketones is 1. The zero-order chi connectivity index (χ0) is 14.7. The first-order valence-corrected chi connectivity index (χ1v) is 8.61. The van der Waals surface area contributed by atoms with Gasteiger partial charge in [0.25, 0.3) is 0 Å². The molecule has 1 saturated carbocycles. The Hall–Kier alpha value is -1.15. The van der Waals surface area contributed by atoms with Gasteiger partial charge in [-0.05, 0) is 56.7 Å². The number of hydrogen-bond acceptors (Lipinski definition) is 2. The summed E-state index contributed by atoms with van der Waals surface area (Å²) in [5, 5.41) is 3.41. The van der Waals surface area contributed by atoms with E-state index in [4.69, 9.17) is 0 Å². The van der Waals surface area contributed by atoms with Crippen LogP contribution < -0.4 is 5.32 Å². The van der Waals surface area contributed by atoms with Crippen LogP contribution in [0, 0.1) is 5.41 Å². The average Bonchev–Trinajstić information content (AvgIpc) is 2.47. The zero-order valence-corrected chi connectivity index (χ0v) is 13.2. The van der Waals surface area contributed by atoms with Crippen molar-refractivity contribution in [1.29, 1.82) is 0 Å². The van der Waals surface area contributed by atoms with Crippen molar-refractivity contribution in [3.8, 4) is 0 Å². The van der Waals surface area contributed by atoms with E-state index in [1.165, 1.54) is 24.8 Å². The van der Waals surface area contributed by atoms with Crippen molar-refractivity contribution in [2.24, 2.45) is 5.41 Å². The van der Waals surface area contributed by atoms with Gasteiger partial charge in [0.1, 0.15) is 0 Å². The van der Waals surface area contributed by atoms with E-state index in [1.807, 2.05) is 6.07 Å². The quantitative estimate of drug-likeness (QED) is 0.817. The Bertz CT molecular complexity index is 493. The predicted molar refractivity (Wildman–Crippen MR) is 86.8 cm³/mol. The summed E-state index contributed by atoms with van der Waals surface area (Å²) >= 11 is 0. The Morgan fingerprint density at radius 2 is 1.95 bits per heavy atom. The monoisotopic (exact) mass is 285 g/mol. The maximum absolute atomic E-state index is 13.3. The highest BCUT2D eigenvalue weighted by atomic mass is 16.1. The first-order chi connectivity index (χ1) is 10.3. The summed E-state index contributed by atoms with van der Waals surface area (Å²) in [6.45, 7) is 4.17. The van der Waals surface area contributed by atoms with Crippen LogP contribution in [-0.2, 0) is 0 Å². The molecule has 3 rings (SSSR count). The molecule has 1 N–H and O–H groups in total. The number of nitrogens with one attached hydrogen (secondary N) is 1. The maximum atomic E-state index is 13.3. The Labute approximate surface area is 128 Å². The fourth-order valence-electron chi connectivity index (χ4n) is 4.04. The van der Waals surface area contributed by atoms with Gasteiger partial charge in [0.15, 0.2) is 5.78 Å². The molecule has 1 aliphatic carbocycles. The highest BCUT2D eigenvalue weighted by molar-refractivity contribution is 6.02. The average molecular weight is 285 g/mol. The maximum Gasteiger partial charge on any atom is 0.169 e. The molecule has 1 aromatic rings. The van der Waals surface area contributed by atoms with Gasteiger partial charge in [-0.15, -0.1) is 0 Å². The minimum Gasteiger partial charge on any atom is -0.317 e. The van der Waals surface area contributed by atoms with Crippen molar-refractivity contribution in [2.75, 3.05) is 13.1 Å². The minimum atomic E-state index is -0.111. The van der Waals surface area contributed by atoms with Crippen molar-refractivity contribution in [3.05, 3.63) is 35.4 Å². The highest BCUT2D eigenvalue weighted by Crippen LogP contribution is 2.42. The van der Waals surface area contributed by atoms with Crippen LogP contribution in [0.3, 0.4) is 0 Å². The smallest absolute Gasteiger partial charge is 0.169 e. The molecule has 1 saturated heterocycles. The summed E-state index contributed by atoms with van der Waals surface area (Å²) in [5.74, 6) is 1.05. The molecule has 0 unspecified atom stereocenters. The van der Waals surface area contributed by atoms with Crippen molar-refractivity contribution >= 4 is 5.78 Å². The molecule has 0 radical (unpaired) electrons. The van der Waals surface area contributed by atoms with Crippen LogP contribution in [0.1, 0.15) is 73.7 Å². The third kappa shape index (κ3) is 2.78. The summed E-state index contributed by atoms with van der Waals surface area (Å²) in [7, 11) is 0. The van der Waals surface area contributed by atoms with Crippen LogP contribution in [0.4, 0.5) is 0 Å². The summed E-state index contributed by atoms with van der Waals surface area (Å²) in [6.07, 6.45) is 7.96. The molecule has 0 atom stereocenters. The molecule has 21 heavy (non-hydrogen) atoms. The number of carbonyl (C=O) groups is 1. The van der Waals surface area contributed by atoms with Gasteiger partial charge in [0.2, 0.25) is 0 Å². The fraction of sp³-hybridized carbons (Fsp3) is 0.632. The van der Waals surface area contributed by atoms with Gasteiger partial charge in [-0.25, -0.2) is 0 Å². The highest BCUT2D eigenvalue weighted by Gasteiger charge is 2.40. The number of rotatable bonds is 5. The lowest BCUT2D eigenvalue weighted by Crippen LogP contribution is -2.42. The third-order valence-corrected chi connectivity index (χ3v) is 5.52. The van der Waals surface area contributed by atoms with E-state index in [-0.39, 0.29) is 5.41 Å². The molecule has 0 bridgehead atoms. The lowest BCUT2D eigenvalue weighted by molar-refractivity contribution is 0.0702. The molecule has 1 heterocycles. The Balaban J connectivity index is 1.92. The van der Waals surface area contributed by atoms with Crippen LogP contribution in [0.2, 0.25) is 0 Å². The molecule has 1 aliphatic heterocycles. The van der Waals surface area contributed by atoms with E-state index < -0.39 is 0 Å². The van der Waals surface area contributed by atoms with Crippen LogP contribution in [0.5, 0.6) is 0 Å². The Kier molecular flexibility index (Phi) is 4.44. The van der Waals surface area contributed by atoms with Gasteiger partial charge in [-0.3, -0.25) is 4.79 Å². The molecule has 114 valence electrons. The van der Waals surface area contributed by atoms with E-state index in [9.17, 15) is 4.79 Å². The van der Waals surface area contributed by atoms with E-state index in [0.717, 1.165) is 44.3 Å². The normalized spacial score (nSPS) is 21.8. The fourth-order valence-corrected chi connectivity index (χ4v) is 4.04. The van der Waals surface area contributed by atoms with Gasteiger partial charge in [0, 0.05) is 11.0 Å². The second kappa shape index (κ2) is 6.31.